The Morgan fingerprint density at radius 1 is 1.50 bits per heavy atom. The fourth-order valence-electron chi connectivity index (χ4n) is 1.86. The highest BCUT2D eigenvalue weighted by Gasteiger charge is 2.34. The fourth-order valence-corrected chi connectivity index (χ4v) is 1.86. The van der Waals surface area contributed by atoms with E-state index in [4.69, 9.17) is 9.84 Å². The smallest absolute Gasteiger partial charge is 0.410 e. The Balaban J connectivity index is 2.11. The Hall–Kier alpha value is -1.55. The second-order valence-corrected chi connectivity index (χ2v) is 3.93. The molecule has 1 aliphatic heterocycles. The van der Waals surface area contributed by atoms with E-state index in [1.165, 1.54) is 0 Å². The van der Waals surface area contributed by atoms with Gasteiger partial charge in [0, 0.05) is 0 Å². The molecule has 0 aliphatic carbocycles. The maximum atomic E-state index is 11.6. The fraction of sp³-hybridized carbons (Fsp3) is 0.417. The highest BCUT2D eigenvalue weighted by molar-refractivity contribution is 5.70. The lowest BCUT2D eigenvalue weighted by Crippen LogP contribution is -2.28. The summed E-state index contributed by atoms with van der Waals surface area (Å²) < 4.78 is 5.00. The largest absolute Gasteiger partial charge is 0.442 e. The van der Waals surface area contributed by atoms with E-state index in [0.717, 1.165) is 5.56 Å². The third-order valence-corrected chi connectivity index (χ3v) is 2.86. The molecule has 86 valence electrons. The van der Waals surface area contributed by atoms with Gasteiger partial charge in [-0.2, -0.15) is 0 Å². The normalized spacial score (nSPS) is 22.0. The topological polar surface area (TPSA) is 49.8 Å². The summed E-state index contributed by atoms with van der Waals surface area (Å²) in [7, 11) is 0. The van der Waals surface area contributed by atoms with E-state index in [2.05, 4.69) is 0 Å². The SMILES string of the molecule is C[C@H](c1ccccc1)N1C[C@@H](CO)OC1=O. The van der Waals surface area contributed by atoms with Crippen LogP contribution < -0.4 is 0 Å². The van der Waals surface area contributed by atoms with Crippen molar-refractivity contribution in [1.82, 2.24) is 4.90 Å². The van der Waals surface area contributed by atoms with Gasteiger partial charge in [-0.25, -0.2) is 4.79 Å². The first kappa shape index (κ1) is 11.0. The van der Waals surface area contributed by atoms with Gasteiger partial charge >= 0.3 is 6.09 Å². The molecule has 4 heteroatoms. The minimum absolute atomic E-state index is 0.0229. The van der Waals surface area contributed by atoms with Crippen molar-refractivity contribution in [3.8, 4) is 0 Å². The molecule has 2 atom stereocenters. The van der Waals surface area contributed by atoms with Crippen LogP contribution in [0.5, 0.6) is 0 Å². The first-order chi connectivity index (χ1) is 7.72. The number of carbonyl (C=O) groups is 1. The number of carbonyl (C=O) groups excluding carboxylic acids is 1. The van der Waals surface area contributed by atoms with Crippen LogP contribution in [0, 0.1) is 0 Å². The monoisotopic (exact) mass is 221 g/mol. The number of aliphatic hydroxyl groups excluding tert-OH is 1. The van der Waals surface area contributed by atoms with Crippen LogP contribution in [0.25, 0.3) is 0 Å². The van der Waals surface area contributed by atoms with Crippen molar-refractivity contribution >= 4 is 6.09 Å². The van der Waals surface area contributed by atoms with Crippen LogP contribution in [0.1, 0.15) is 18.5 Å². The number of hydrogen-bond acceptors (Lipinski definition) is 3. The Morgan fingerprint density at radius 2 is 2.19 bits per heavy atom. The zero-order valence-electron chi connectivity index (χ0n) is 9.17. The summed E-state index contributed by atoms with van der Waals surface area (Å²) in [6, 6.07) is 9.75. The zero-order chi connectivity index (χ0) is 11.5. The molecule has 0 saturated carbocycles. The van der Waals surface area contributed by atoms with Crippen LogP contribution in [-0.2, 0) is 4.74 Å². The number of aliphatic hydroxyl groups is 1. The molecule has 1 saturated heterocycles. The van der Waals surface area contributed by atoms with Gasteiger partial charge in [0.1, 0.15) is 6.10 Å². The average Bonchev–Trinajstić information content (AvgIpc) is 2.71. The second kappa shape index (κ2) is 4.53. The number of nitrogens with zero attached hydrogens (tertiary/aromatic N) is 1. The van der Waals surface area contributed by atoms with Gasteiger partial charge in [0.05, 0.1) is 19.2 Å². The molecule has 1 fully saturated rings. The Kier molecular flexibility index (Phi) is 3.10. The Morgan fingerprint density at radius 3 is 2.75 bits per heavy atom. The molecule has 0 aromatic heterocycles. The average molecular weight is 221 g/mol. The van der Waals surface area contributed by atoms with Crippen molar-refractivity contribution in [2.45, 2.75) is 19.1 Å². The first-order valence-electron chi connectivity index (χ1n) is 5.35. The van der Waals surface area contributed by atoms with E-state index in [-0.39, 0.29) is 18.7 Å². The number of amides is 1. The molecule has 0 spiro atoms. The summed E-state index contributed by atoms with van der Waals surface area (Å²) in [5, 5.41) is 8.95. The van der Waals surface area contributed by atoms with Crippen molar-refractivity contribution in [1.29, 1.82) is 0 Å². The standard InChI is InChI=1S/C12H15NO3/c1-9(10-5-3-2-4-6-10)13-7-11(8-14)16-12(13)15/h2-6,9,11,14H,7-8H2,1H3/t9-,11+/m1/s1. The number of rotatable bonds is 3. The lowest BCUT2D eigenvalue weighted by atomic mass is 10.1. The molecule has 16 heavy (non-hydrogen) atoms. The van der Waals surface area contributed by atoms with Gasteiger partial charge in [0.15, 0.2) is 0 Å². The predicted molar refractivity (Wildman–Crippen MR) is 58.9 cm³/mol. The molecule has 0 radical (unpaired) electrons. The molecule has 4 nitrogen and oxygen atoms in total. The maximum absolute atomic E-state index is 11.6. The van der Waals surface area contributed by atoms with Gasteiger partial charge in [-0.1, -0.05) is 30.3 Å². The Bertz CT molecular complexity index is 366. The molecule has 0 bridgehead atoms. The van der Waals surface area contributed by atoms with Crippen LogP contribution in [-0.4, -0.2) is 35.4 Å². The van der Waals surface area contributed by atoms with Crippen molar-refractivity contribution in [3.05, 3.63) is 35.9 Å². The van der Waals surface area contributed by atoms with Gasteiger partial charge < -0.3 is 9.84 Å². The van der Waals surface area contributed by atoms with Crippen molar-refractivity contribution in [3.63, 3.8) is 0 Å². The zero-order valence-corrected chi connectivity index (χ0v) is 9.17. The predicted octanol–water partition coefficient (Wildman–Crippen LogP) is 1.56. The van der Waals surface area contributed by atoms with Gasteiger partial charge in [0.25, 0.3) is 0 Å². The van der Waals surface area contributed by atoms with Crippen molar-refractivity contribution in [2.75, 3.05) is 13.2 Å². The summed E-state index contributed by atoms with van der Waals surface area (Å²) in [6.45, 7) is 2.28. The third-order valence-electron chi connectivity index (χ3n) is 2.86. The van der Waals surface area contributed by atoms with E-state index < -0.39 is 6.10 Å². The first-order valence-corrected chi connectivity index (χ1v) is 5.35. The maximum Gasteiger partial charge on any atom is 0.410 e. The lowest BCUT2D eigenvalue weighted by Gasteiger charge is -2.22. The summed E-state index contributed by atoms with van der Waals surface area (Å²) in [4.78, 5) is 13.2. The minimum atomic E-state index is -0.390. The van der Waals surface area contributed by atoms with Crippen LogP contribution in [0.2, 0.25) is 0 Å². The quantitative estimate of drug-likeness (QED) is 0.842. The minimum Gasteiger partial charge on any atom is -0.442 e. The van der Waals surface area contributed by atoms with Crippen molar-refractivity contribution < 1.29 is 14.6 Å². The van der Waals surface area contributed by atoms with E-state index >= 15 is 0 Å². The van der Waals surface area contributed by atoms with Crippen molar-refractivity contribution in [2.24, 2.45) is 0 Å². The molecule has 1 amide bonds. The number of benzene rings is 1. The Labute approximate surface area is 94.4 Å². The number of cyclic esters (lactones) is 1. The lowest BCUT2D eigenvalue weighted by molar-refractivity contribution is 0.0941. The third kappa shape index (κ3) is 2.02. The van der Waals surface area contributed by atoms with Crippen LogP contribution in [0.3, 0.4) is 0 Å². The van der Waals surface area contributed by atoms with E-state index in [0.29, 0.717) is 6.54 Å². The molecule has 1 heterocycles. The summed E-state index contributed by atoms with van der Waals surface area (Å²) >= 11 is 0. The molecule has 1 aliphatic rings. The molecule has 0 unspecified atom stereocenters. The highest BCUT2D eigenvalue weighted by Crippen LogP contribution is 2.25. The van der Waals surface area contributed by atoms with Gasteiger partial charge in [0.2, 0.25) is 0 Å². The molecular weight excluding hydrogens is 206 g/mol. The van der Waals surface area contributed by atoms with E-state index in [9.17, 15) is 4.79 Å². The van der Waals surface area contributed by atoms with E-state index in [1.54, 1.807) is 4.90 Å². The highest BCUT2D eigenvalue weighted by atomic mass is 16.6. The summed E-state index contributed by atoms with van der Waals surface area (Å²) in [5.74, 6) is 0. The van der Waals surface area contributed by atoms with Gasteiger partial charge in [-0.05, 0) is 12.5 Å². The molecule has 1 aromatic carbocycles. The number of ether oxygens (including phenoxy) is 1. The van der Waals surface area contributed by atoms with Crippen LogP contribution in [0.15, 0.2) is 30.3 Å². The number of hydrogen-bond donors (Lipinski definition) is 1. The van der Waals surface area contributed by atoms with Crippen LogP contribution in [0.4, 0.5) is 4.79 Å². The van der Waals surface area contributed by atoms with Crippen LogP contribution >= 0.6 is 0 Å². The van der Waals surface area contributed by atoms with E-state index in [1.807, 2.05) is 37.3 Å². The van der Waals surface area contributed by atoms with Gasteiger partial charge in [-0.3, -0.25) is 4.90 Å². The molecule has 1 N–H and O–H groups in total. The summed E-state index contributed by atoms with van der Waals surface area (Å²) in [6.07, 6.45) is -0.742. The molecule has 1 aromatic rings. The van der Waals surface area contributed by atoms with Gasteiger partial charge in [-0.15, -0.1) is 0 Å². The summed E-state index contributed by atoms with van der Waals surface area (Å²) in [5.41, 5.74) is 1.07. The second-order valence-electron chi connectivity index (χ2n) is 3.93. The molecular formula is C12H15NO3. The molecule has 2 rings (SSSR count).